The Bertz CT molecular complexity index is 939. The fourth-order valence-electron chi connectivity index (χ4n) is 1.51. The van der Waals surface area contributed by atoms with Crippen LogP contribution in [0.5, 0.6) is 0 Å². The number of halogens is 7. The van der Waals surface area contributed by atoms with E-state index in [0.717, 1.165) is 6.07 Å². The summed E-state index contributed by atoms with van der Waals surface area (Å²) >= 11 is 5.71. The van der Waals surface area contributed by atoms with E-state index in [1.807, 2.05) is 0 Å². The Labute approximate surface area is 160 Å². The molecule has 0 fully saturated rings. The van der Waals surface area contributed by atoms with Gasteiger partial charge in [0.1, 0.15) is 22.9 Å². The van der Waals surface area contributed by atoms with Gasteiger partial charge in [-0.1, -0.05) is 17.6 Å². The van der Waals surface area contributed by atoms with Crippen LogP contribution in [0.2, 0.25) is 5.15 Å². The van der Waals surface area contributed by atoms with Gasteiger partial charge in [-0.2, -0.15) is 41.3 Å². The number of aromatic nitrogens is 4. The summed E-state index contributed by atoms with van der Waals surface area (Å²) in [6.07, 6.45) is -10.3. The normalized spacial score (nSPS) is 19.0. The van der Waals surface area contributed by atoms with Crippen molar-refractivity contribution in [3.8, 4) is 11.5 Å². The van der Waals surface area contributed by atoms with E-state index in [1.54, 1.807) is 10.6 Å². The Hall–Kier alpha value is -2.37. The van der Waals surface area contributed by atoms with Crippen LogP contribution in [-0.4, -0.2) is 44.3 Å². The van der Waals surface area contributed by atoms with Crippen LogP contribution in [0.3, 0.4) is 0 Å². The van der Waals surface area contributed by atoms with Gasteiger partial charge in [-0.25, -0.2) is 4.98 Å². The van der Waals surface area contributed by atoms with Crippen molar-refractivity contribution in [3.05, 3.63) is 23.3 Å². The van der Waals surface area contributed by atoms with Crippen LogP contribution >= 0.6 is 11.6 Å². The van der Waals surface area contributed by atoms with Gasteiger partial charge in [0.05, 0.1) is 5.48 Å². The Morgan fingerprint density at radius 2 is 1.44 bits per heavy atom. The molecule has 0 saturated heterocycles. The molecule has 0 aliphatic heterocycles. The average molecular weight is 419 g/mol. The van der Waals surface area contributed by atoms with Crippen LogP contribution in [-0.2, 0) is 0 Å². The van der Waals surface area contributed by atoms with Crippen LogP contribution in [0.4, 0.5) is 38.2 Å². The van der Waals surface area contributed by atoms with Gasteiger partial charge < -0.3 is 10.6 Å². The fourth-order valence-corrected chi connectivity index (χ4v) is 1.65. The van der Waals surface area contributed by atoms with Crippen molar-refractivity contribution in [2.75, 3.05) is 10.6 Å². The first kappa shape index (κ1) is 15.7. The summed E-state index contributed by atoms with van der Waals surface area (Å²) in [6.45, 7) is 0.812. The van der Waals surface area contributed by atoms with E-state index >= 15 is 0 Å². The lowest BCUT2D eigenvalue weighted by atomic mass is 10.3. The molecule has 13 heteroatoms. The van der Waals surface area contributed by atoms with E-state index in [2.05, 4.69) is 19.9 Å². The van der Waals surface area contributed by atoms with Gasteiger partial charge in [0.25, 0.3) is 0 Å². The van der Waals surface area contributed by atoms with Crippen molar-refractivity contribution in [2.45, 2.75) is 38.2 Å². The Balaban J connectivity index is 2.66. The number of hydrogen-bond donors (Lipinski definition) is 2. The lowest BCUT2D eigenvalue weighted by Crippen LogP contribution is -2.35. The first-order valence-electron chi connectivity index (χ1n) is 8.94. The number of nitrogens with zero attached hydrogens (tertiary/aromatic N) is 4. The van der Waals surface area contributed by atoms with Crippen LogP contribution in [0, 0.1) is 0 Å². The third-order valence-corrected chi connectivity index (χ3v) is 3.09. The molecule has 0 bridgehead atoms. The summed E-state index contributed by atoms with van der Waals surface area (Å²) in [6, 6.07) is -6.84. The maximum absolute atomic E-state index is 13.0. The third-order valence-electron chi connectivity index (χ3n) is 2.90. The maximum atomic E-state index is 13.0. The van der Waals surface area contributed by atoms with E-state index in [9.17, 15) is 26.3 Å². The van der Waals surface area contributed by atoms with E-state index in [-0.39, 0.29) is 5.15 Å². The molecule has 0 spiro atoms. The average Bonchev–Trinajstić information content (AvgIpc) is 2.54. The standard InChI is InChI=1S/C14H13ClF6N6/c1-6(13(16,17)18)22-11-25-10(8-4-3-5-9(15)24-8)26-12(27-11)23-7(2)14(19,20)21/h3-7H,1-2H3,(H2,22,23,25,26,27)/i3D,4D,6D,7D. The van der Waals surface area contributed by atoms with Crippen LogP contribution in [0.15, 0.2) is 18.2 Å². The second kappa shape index (κ2) is 7.71. The predicted octanol–water partition coefficient (Wildman–Crippen LogP) is 4.31. The molecule has 2 aromatic rings. The summed E-state index contributed by atoms with van der Waals surface area (Å²) in [5, 5.41) is 2.90. The second-order valence-corrected chi connectivity index (χ2v) is 5.39. The predicted molar refractivity (Wildman–Crippen MR) is 86.3 cm³/mol. The van der Waals surface area contributed by atoms with E-state index in [1.165, 1.54) is 0 Å². The van der Waals surface area contributed by atoms with Crippen molar-refractivity contribution in [1.82, 2.24) is 19.9 Å². The van der Waals surface area contributed by atoms with E-state index in [4.69, 9.17) is 17.1 Å². The van der Waals surface area contributed by atoms with Crippen molar-refractivity contribution in [1.29, 1.82) is 0 Å². The minimum Gasteiger partial charge on any atom is -0.343 e. The molecule has 2 rings (SSSR count). The third kappa shape index (κ3) is 5.81. The molecule has 2 atom stereocenters. The molecular formula is C14H13ClF6N6. The van der Waals surface area contributed by atoms with Crippen LogP contribution in [0.25, 0.3) is 11.5 Å². The summed E-state index contributed by atoms with van der Waals surface area (Å²) in [5.41, 5.74) is -0.539. The maximum Gasteiger partial charge on any atom is 0.408 e. The van der Waals surface area contributed by atoms with E-state index in [0.29, 0.717) is 13.8 Å². The molecule has 0 aliphatic carbocycles. The SMILES string of the molecule is [2H]c1cc(Cl)nc(-c2nc(NC([2H])(C)C(F)(F)F)nc(NC([2H])(C)C(F)(F)F)n2)c1[2H]. The molecule has 0 saturated carbocycles. The monoisotopic (exact) mass is 418 g/mol. The zero-order valence-electron chi connectivity index (χ0n) is 17.5. The molecule has 2 unspecified atom stereocenters. The Morgan fingerprint density at radius 3 is 1.89 bits per heavy atom. The highest BCUT2D eigenvalue weighted by Gasteiger charge is 2.38. The number of pyridine rings is 1. The first-order chi connectivity index (χ1) is 13.8. The van der Waals surface area contributed by atoms with E-state index < -0.39 is 59.9 Å². The number of alkyl halides is 6. The Morgan fingerprint density at radius 1 is 0.963 bits per heavy atom. The van der Waals surface area contributed by atoms with Crippen molar-refractivity contribution in [3.63, 3.8) is 0 Å². The molecule has 0 aliphatic rings. The number of nitrogens with one attached hydrogen (secondary N) is 2. The largest absolute Gasteiger partial charge is 0.408 e. The van der Waals surface area contributed by atoms with Gasteiger partial charge in [-0.05, 0) is 26.0 Å². The molecule has 6 nitrogen and oxygen atoms in total. The van der Waals surface area contributed by atoms with Crippen LogP contribution < -0.4 is 10.6 Å². The van der Waals surface area contributed by atoms with Gasteiger partial charge in [-0.15, -0.1) is 0 Å². The van der Waals surface area contributed by atoms with Gasteiger partial charge >= 0.3 is 12.4 Å². The molecule has 27 heavy (non-hydrogen) atoms. The lowest BCUT2D eigenvalue weighted by molar-refractivity contribution is -0.139. The number of anilines is 2. The zero-order chi connectivity index (χ0) is 24.0. The summed E-state index contributed by atoms with van der Waals surface area (Å²) in [7, 11) is 0. The van der Waals surface area contributed by atoms with Gasteiger partial charge in [0.15, 0.2) is 5.82 Å². The van der Waals surface area contributed by atoms with Gasteiger partial charge in [0.2, 0.25) is 11.9 Å². The molecule has 148 valence electrons. The summed E-state index contributed by atoms with van der Waals surface area (Å²) in [5.74, 6) is -2.70. The first-order valence-corrected chi connectivity index (χ1v) is 7.32. The Kier molecular flexibility index (Phi) is 4.47. The van der Waals surface area contributed by atoms with Crippen LogP contribution in [0.1, 0.15) is 19.3 Å². The summed E-state index contributed by atoms with van der Waals surface area (Å²) in [4.78, 5) is 14.2. The highest BCUT2D eigenvalue weighted by molar-refractivity contribution is 6.29. The minimum absolute atomic E-state index is 0.318. The lowest BCUT2D eigenvalue weighted by Gasteiger charge is -2.20. The summed E-state index contributed by atoms with van der Waals surface area (Å²) < 4.78 is 108. The van der Waals surface area contributed by atoms with Crippen molar-refractivity contribution >= 4 is 23.5 Å². The van der Waals surface area contributed by atoms with Crippen molar-refractivity contribution < 1.29 is 31.8 Å². The fraction of sp³-hybridized carbons (Fsp3) is 0.429. The highest BCUT2D eigenvalue weighted by Crippen LogP contribution is 2.26. The highest BCUT2D eigenvalue weighted by atomic mass is 35.5. The molecule has 0 aromatic carbocycles. The molecule has 2 aromatic heterocycles. The number of hydrogen-bond acceptors (Lipinski definition) is 6. The molecule has 0 radical (unpaired) electrons. The van der Waals surface area contributed by atoms with Crippen molar-refractivity contribution in [2.24, 2.45) is 0 Å². The second-order valence-electron chi connectivity index (χ2n) is 5.00. The molecule has 0 amide bonds. The minimum atomic E-state index is -5.13. The quantitative estimate of drug-likeness (QED) is 0.556. The number of rotatable bonds is 5. The molecule has 2 heterocycles. The molecular weight excluding hydrogens is 402 g/mol. The topological polar surface area (TPSA) is 75.6 Å². The molecule has 2 N–H and O–H groups in total. The van der Waals surface area contributed by atoms with Gasteiger partial charge in [-0.3, -0.25) is 0 Å². The zero-order valence-corrected chi connectivity index (χ0v) is 14.3. The van der Waals surface area contributed by atoms with Gasteiger partial charge in [0, 0.05) is 0 Å². The smallest absolute Gasteiger partial charge is 0.343 e.